The van der Waals surface area contributed by atoms with Gasteiger partial charge in [0.1, 0.15) is 22.8 Å². The van der Waals surface area contributed by atoms with Crippen molar-refractivity contribution in [1.29, 1.82) is 0 Å². The van der Waals surface area contributed by atoms with Crippen LogP contribution in [0, 0.1) is 0 Å². The summed E-state index contributed by atoms with van der Waals surface area (Å²) in [7, 11) is 0. The summed E-state index contributed by atoms with van der Waals surface area (Å²) in [6, 6.07) is 29.5. The first-order valence-electron chi connectivity index (χ1n) is 13.2. The number of carbonyl (C=O) groups is 2. The van der Waals surface area contributed by atoms with Gasteiger partial charge in [-0.3, -0.25) is 0 Å². The third-order valence-electron chi connectivity index (χ3n) is 6.47. The van der Waals surface area contributed by atoms with Crippen molar-refractivity contribution in [3.8, 4) is 22.3 Å². The molecule has 202 valence electrons. The molecule has 40 heavy (non-hydrogen) atoms. The van der Waals surface area contributed by atoms with Gasteiger partial charge in [0, 0.05) is 16.3 Å². The van der Waals surface area contributed by atoms with Gasteiger partial charge in [-0.15, -0.1) is 0 Å². The number of furan rings is 1. The molecular formula is C34H31NO5. The lowest BCUT2D eigenvalue weighted by atomic mass is 9.97. The molecule has 1 aromatic heterocycles. The molecule has 0 radical (unpaired) electrons. The highest BCUT2D eigenvalue weighted by molar-refractivity contribution is 6.09. The van der Waals surface area contributed by atoms with Crippen LogP contribution in [-0.2, 0) is 9.53 Å². The zero-order valence-electron chi connectivity index (χ0n) is 22.7. The number of nitrogens with one attached hydrogen (secondary N) is 1. The quantitative estimate of drug-likeness (QED) is 0.220. The van der Waals surface area contributed by atoms with E-state index in [1.165, 1.54) is 0 Å². The second kappa shape index (κ2) is 11.1. The average molecular weight is 534 g/mol. The second-order valence-electron chi connectivity index (χ2n) is 10.7. The van der Waals surface area contributed by atoms with Gasteiger partial charge in [0.05, 0.1) is 0 Å². The Morgan fingerprint density at radius 2 is 1.55 bits per heavy atom. The largest absolute Gasteiger partial charge is 0.480 e. The monoisotopic (exact) mass is 533 g/mol. The van der Waals surface area contributed by atoms with Gasteiger partial charge in [-0.25, -0.2) is 9.59 Å². The highest BCUT2D eigenvalue weighted by atomic mass is 16.6. The van der Waals surface area contributed by atoms with Gasteiger partial charge >= 0.3 is 12.1 Å². The minimum atomic E-state index is -1.12. The maximum atomic E-state index is 12.0. The smallest absolute Gasteiger partial charge is 0.408 e. The van der Waals surface area contributed by atoms with Gasteiger partial charge in [-0.2, -0.15) is 0 Å². The molecule has 1 heterocycles. The number of fused-ring (bicyclic) bond motifs is 3. The Hall–Kier alpha value is -4.84. The molecule has 0 unspecified atom stereocenters. The summed E-state index contributed by atoms with van der Waals surface area (Å²) in [6.45, 7) is 5.18. The first-order valence-corrected chi connectivity index (χ1v) is 13.2. The number of alkyl carbamates (subject to hydrolysis) is 1. The molecule has 0 saturated heterocycles. The zero-order valence-corrected chi connectivity index (χ0v) is 22.7. The summed E-state index contributed by atoms with van der Waals surface area (Å²) < 4.78 is 11.4. The van der Waals surface area contributed by atoms with E-state index in [1.807, 2.05) is 48.5 Å². The van der Waals surface area contributed by atoms with Crippen molar-refractivity contribution in [3.05, 3.63) is 103 Å². The van der Waals surface area contributed by atoms with Crippen molar-refractivity contribution in [2.75, 3.05) is 0 Å². The van der Waals surface area contributed by atoms with Crippen molar-refractivity contribution >= 4 is 40.1 Å². The van der Waals surface area contributed by atoms with Crippen LogP contribution >= 0.6 is 0 Å². The normalized spacial score (nSPS) is 12.6. The fraction of sp³-hybridized carbons (Fsp3) is 0.176. The molecule has 5 aromatic rings. The van der Waals surface area contributed by atoms with Gasteiger partial charge in [-0.1, -0.05) is 84.9 Å². The number of ether oxygens (including phenoxy) is 1. The van der Waals surface area contributed by atoms with Crippen molar-refractivity contribution in [3.63, 3.8) is 0 Å². The van der Waals surface area contributed by atoms with Crippen LogP contribution in [0.5, 0.6) is 0 Å². The predicted molar refractivity (Wildman–Crippen MR) is 159 cm³/mol. The number of rotatable bonds is 7. The summed E-state index contributed by atoms with van der Waals surface area (Å²) in [5.41, 5.74) is 6.11. The minimum absolute atomic E-state index is 0.121. The lowest BCUT2D eigenvalue weighted by Gasteiger charge is -2.21. The lowest BCUT2D eigenvalue weighted by molar-refractivity contribution is -0.139. The molecule has 2 N–H and O–H groups in total. The van der Waals surface area contributed by atoms with Crippen molar-refractivity contribution in [2.45, 2.75) is 38.8 Å². The summed E-state index contributed by atoms with van der Waals surface area (Å²) in [6.07, 6.45) is 2.97. The number of para-hydroxylation sites is 2. The topological polar surface area (TPSA) is 88.8 Å². The SMILES string of the molecule is CC(C)(C)OC(=O)N[C@@H](C/C=C/c1cccc(-c2cccc(-c3cccc4c3oc3ccccc34)c2)c1)C(=O)O. The Kier molecular flexibility index (Phi) is 7.43. The molecule has 0 spiro atoms. The number of aliphatic carboxylic acids is 1. The molecule has 0 aliphatic rings. The van der Waals surface area contributed by atoms with E-state index in [9.17, 15) is 14.7 Å². The predicted octanol–water partition coefficient (Wildman–Crippen LogP) is 8.30. The maximum Gasteiger partial charge on any atom is 0.408 e. The molecule has 6 heteroatoms. The molecular weight excluding hydrogens is 502 g/mol. The number of hydrogen-bond acceptors (Lipinski definition) is 4. The highest BCUT2D eigenvalue weighted by Crippen LogP contribution is 2.36. The summed E-state index contributed by atoms with van der Waals surface area (Å²) in [5, 5.41) is 14.1. The third kappa shape index (κ3) is 6.07. The standard InChI is InChI=1S/C34H31NO5/c1-34(2,3)40-33(38)35-29(32(36)37)18-7-11-22-10-6-12-23(20-22)24-13-8-14-25(21-24)26-16-9-17-28-27-15-4-5-19-30(27)39-31(26)28/h4-17,19-21,29H,18H2,1-3H3,(H,35,38)(H,36,37)/b11-7+/t29-/m0/s1. The Balaban J connectivity index is 1.36. The third-order valence-corrected chi connectivity index (χ3v) is 6.47. The van der Waals surface area contributed by atoms with Gasteiger partial charge < -0.3 is 19.6 Å². The van der Waals surface area contributed by atoms with Gasteiger partial charge in [-0.05, 0) is 67.6 Å². The van der Waals surface area contributed by atoms with Gasteiger partial charge in [0.2, 0.25) is 0 Å². The van der Waals surface area contributed by atoms with E-state index in [1.54, 1.807) is 26.8 Å². The van der Waals surface area contributed by atoms with Crippen LogP contribution in [0.3, 0.4) is 0 Å². The first-order chi connectivity index (χ1) is 19.2. The first kappa shape index (κ1) is 26.8. The van der Waals surface area contributed by atoms with E-state index in [-0.39, 0.29) is 6.42 Å². The molecule has 1 amide bonds. The van der Waals surface area contributed by atoms with Crippen LogP contribution in [0.4, 0.5) is 4.79 Å². The van der Waals surface area contributed by atoms with Crippen LogP contribution in [0.2, 0.25) is 0 Å². The zero-order chi connectivity index (χ0) is 28.3. The number of hydrogen-bond donors (Lipinski definition) is 2. The molecule has 0 saturated carbocycles. The van der Waals surface area contributed by atoms with Crippen molar-refractivity contribution in [1.82, 2.24) is 5.32 Å². The van der Waals surface area contributed by atoms with E-state index < -0.39 is 23.7 Å². The maximum absolute atomic E-state index is 12.0. The molecule has 1 atom stereocenters. The lowest BCUT2D eigenvalue weighted by Crippen LogP contribution is -2.43. The van der Waals surface area contributed by atoms with Crippen molar-refractivity contribution < 1.29 is 23.8 Å². The molecule has 0 fully saturated rings. The Labute approximate surface area is 232 Å². The fourth-order valence-corrected chi connectivity index (χ4v) is 4.67. The highest BCUT2D eigenvalue weighted by Gasteiger charge is 2.23. The fourth-order valence-electron chi connectivity index (χ4n) is 4.67. The van der Waals surface area contributed by atoms with E-state index in [4.69, 9.17) is 9.15 Å². The second-order valence-corrected chi connectivity index (χ2v) is 10.7. The van der Waals surface area contributed by atoms with Crippen LogP contribution in [0.25, 0.3) is 50.3 Å². The summed E-state index contributed by atoms with van der Waals surface area (Å²) in [5.74, 6) is -1.12. The van der Waals surface area contributed by atoms with Gasteiger partial charge in [0.15, 0.2) is 0 Å². The van der Waals surface area contributed by atoms with E-state index in [2.05, 4.69) is 53.8 Å². The number of amides is 1. The molecule has 0 aliphatic heterocycles. The van der Waals surface area contributed by atoms with Crippen molar-refractivity contribution in [2.24, 2.45) is 0 Å². The Morgan fingerprint density at radius 1 is 0.875 bits per heavy atom. The molecule has 0 aliphatic carbocycles. The molecule has 6 nitrogen and oxygen atoms in total. The van der Waals surface area contributed by atoms with E-state index in [0.717, 1.165) is 49.8 Å². The Morgan fingerprint density at radius 3 is 2.33 bits per heavy atom. The van der Waals surface area contributed by atoms with E-state index >= 15 is 0 Å². The number of carboxylic acid groups (broad SMARTS) is 1. The van der Waals surface area contributed by atoms with Crippen LogP contribution in [0.15, 0.2) is 101 Å². The summed E-state index contributed by atoms with van der Waals surface area (Å²) >= 11 is 0. The molecule has 0 bridgehead atoms. The van der Waals surface area contributed by atoms with Crippen LogP contribution in [0.1, 0.15) is 32.8 Å². The number of carboxylic acids is 1. The number of benzene rings is 4. The molecule has 4 aromatic carbocycles. The molecule has 5 rings (SSSR count). The number of carbonyl (C=O) groups excluding carboxylic acids is 1. The van der Waals surface area contributed by atoms with E-state index in [0.29, 0.717) is 0 Å². The van der Waals surface area contributed by atoms with Crippen LogP contribution in [-0.4, -0.2) is 28.8 Å². The summed E-state index contributed by atoms with van der Waals surface area (Å²) in [4.78, 5) is 23.7. The Bertz CT molecular complexity index is 1720. The van der Waals surface area contributed by atoms with Crippen LogP contribution < -0.4 is 5.32 Å². The minimum Gasteiger partial charge on any atom is -0.480 e. The average Bonchev–Trinajstić information content (AvgIpc) is 3.31. The van der Waals surface area contributed by atoms with Gasteiger partial charge in [0.25, 0.3) is 0 Å².